The van der Waals surface area contributed by atoms with Gasteiger partial charge in [0.25, 0.3) is 5.56 Å². The van der Waals surface area contributed by atoms with Crippen LogP contribution in [0, 0.1) is 0 Å². The largest absolute Gasteiger partial charge is 0.383 e. The van der Waals surface area contributed by atoms with Crippen molar-refractivity contribution in [2.45, 2.75) is 50.9 Å². The highest BCUT2D eigenvalue weighted by Crippen LogP contribution is 2.52. The maximum atomic E-state index is 11.9. The van der Waals surface area contributed by atoms with E-state index in [1.807, 2.05) is 6.92 Å². The molecule has 0 spiro atoms. The Morgan fingerprint density at radius 3 is 2.90 bits per heavy atom. The molecule has 1 saturated heterocycles. The first kappa shape index (κ1) is 29.2. The van der Waals surface area contributed by atoms with E-state index in [0.29, 0.717) is 24.0 Å². The number of H-pyrrole nitrogens is 1. The lowest BCUT2D eigenvalue weighted by atomic mass is 10.2. The molecule has 0 aromatic carbocycles. The molecular weight excluding hydrogens is 610 g/mol. The van der Waals surface area contributed by atoms with Crippen LogP contribution in [0.5, 0.6) is 0 Å². The second kappa shape index (κ2) is 11.9. The summed E-state index contributed by atoms with van der Waals surface area (Å²) in [6.07, 6.45) is 4.37. The number of imidazole rings is 2. The number of thiol groups is 1. The number of nitrogens with zero attached hydrogens (tertiary/aromatic N) is 7. The average Bonchev–Trinajstić information content (AvgIpc) is 3.60. The number of hydrogen-bond acceptors (Lipinski definition) is 13. The van der Waals surface area contributed by atoms with Gasteiger partial charge in [0, 0.05) is 12.8 Å². The first-order valence-electron chi connectivity index (χ1n) is 11.8. The van der Waals surface area contributed by atoms with E-state index in [9.17, 15) is 19.1 Å². The lowest BCUT2D eigenvalue weighted by Gasteiger charge is -2.27. The Kier molecular flexibility index (Phi) is 8.68. The van der Waals surface area contributed by atoms with Crippen LogP contribution in [0.2, 0.25) is 0 Å². The Morgan fingerprint density at radius 1 is 1.30 bits per heavy atom. The second-order valence-electron chi connectivity index (χ2n) is 8.58. The maximum Gasteiger partial charge on any atom is 0.383 e. The molecule has 5 unspecified atom stereocenters. The Bertz CT molecular complexity index is 1640. The van der Waals surface area contributed by atoms with Crippen molar-refractivity contribution in [2.75, 3.05) is 6.61 Å². The summed E-state index contributed by atoms with van der Waals surface area (Å²) in [5.74, 6) is 0. The fourth-order valence-electron chi connectivity index (χ4n) is 4.05. The van der Waals surface area contributed by atoms with Crippen LogP contribution in [0.15, 0.2) is 36.2 Å². The van der Waals surface area contributed by atoms with Gasteiger partial charge in [0.05, 0.1) is 31.4 Å². The molecule has 1 aliphatic rings. The summed E-state index contributed by atoms with van der Waals surface area (Å²) in [6, 6.07) is 0. The third kappa shape index (κ3) is 6.76. The number of aromatic nitrogens is 8. The van der Waals surface area contributed by atoms with Crippen molar-refractivity contribution in [3.8, 4) is 0 Å². The summed E-state index contributed by atoms with van der Waals surface area (Å²) in [7, 11) is 0. The van der Waals surface area contributed by atoms with Crippen molar-refractivity contribution in [3.63, 3.8) is 0 Å². The monoisotopic (exact) mass is 634 g/mol. The van der Waals surface area contributed by atoms with Crippen LogP contribution in [-0.4, -0.2) is 74.3 Å². The van der Waals surface area contributed by atoms with Crippen LogP contribution in [0.4, 0.5) is 0 Å². The van der Waals surface area contributed by atoms with Gasteiger partial charge in [-0.15, -0.1) is 0 Å². The zero-order valence-electron chi connectivity index (χ0n) is 20.7. The van der Waals surface area contributed by atoms with Gasteiger partial charge in [-0.3, -0.25) is 18.4 Å². The summed E-state index contributed by atoms with van der Waals surface area (Å²) in [6.45, 7) is -6.70. The van der Waals surface area contributed by atoms with E-state index in [1.165, 1.54) is 36.1 Å². The van der Waals surface area contributed by atoms with E-state index in [2.05, 4.69) is 42.4 Å². The summed E-state index contributed by atoms with van der Waals surface area (Å²) in [5.41, 5.74) is 0.890. The SMILES string of the molecule is CCCC(On1cnc2c(=O)[nH]ncc21)OP(O)(=S)O[C@H]1CC(n2cnc3cncnc32)OC1COP(=O)(O)S. The summed E-state index contributed by atoms with van der Waals surface area (Å²) in [4.78, 5) is 54.7. The Balaban J connectivity index is 1.33. The molecule has 3 N–H and O–H groups in total. The standard InChI is InChI=1S/C19H24N8O9P2S2/c1-2-3-16(34-27-10-23-17-12(27)6-24-25-19(17)28)36-38(31,40)35-13-4-15(33-14(13)7-32-37(29,30)39)26-9-22-11-5-20-8-21-18(11)26/h5-6,8-10,13-16H,2-4,7H2,1H3,(H,25,28)(H,31,40)(H2,29,30,39)/t13-,14?,15?,16?,38?/m0/s1. The summed E-state index contributed by atoms with van der Waals surface area (Å²) >= 11 is 8.84. The number of aromatic amines is 1. The molecule has 216 valence electrons. The van der Waals surface area contributed by atoms with Crippen LogP contribution in [0.3, 0.4) is 0 Å². The fourth-order valence-corrected chi connectivity index (χ4v) is 6.27. The number of fused-ring (bicyclic) bond motifs is 2. The Hall–Kier alpha value is -2.31. The molecule has 5 heterocycles. The molecule has 21 heteroatoms. The van der Waals surface area contributed by atoms with Gasteiger partial charge >= 0.3 is 13.5 Å². The molecule has 17 nitrogen and oxygen atoms in total. The number of hydrogen-bond donors (Lipinski definition) is 4. The molecule has 5 rings (SSSR count). The molecule has 40 heavy (non-hydrogen) atoms. The third-order valence-electron chi connectivity index (χ3n) is 5.75. The zero-order valence-corrected chi connectivity index (χ0v) is 24.2. The van der Waals surface area contributed by atoms with Crippen LogP contribution >= 0.6 is 25.8 Å². The number of rotatable bonds is 12. The van der Waals surface area contributed by atoms with Gasteiger partial charge in [-0.1, -0.05) is 25.6 Å². The van der Waals surface area contributed by atoms with Crippen molar-refractivity contribution >= 4 is 59.8 Å². The van der Waals surface area contributed by atoms with Gasteiger partial charge in [0.2, 0.25) is 6.29 Å². The molecule has 0 bridgehead atoms. The first-order chi connectivity index (χ1) is 19.0. The predicted molar refractivity (Wildman–Crippen MR) is 144 cm³/mol. The van der Waals surface area contributed by atoms with Gasteiger partial charge in [-0.05, 0) is 11.8 Å². The van der Waals surface area contributed by atoms with Gasteiger partial charge in [-0.2, -0.15) is 9.83 Å². The molecular formula is C19H24N8O9P2S2. The normalized spacial score (nSPS) is 23.2. The maximum absolute atomic E-state index is 11.9. The van der Waals surface area contributed by atoms with Gasteiger partial charge in [0.15, 0.2) is 11.2 Å². The minimum atomic E-state index is -4.15. The van der Waals surface area contributed by atoms with Crippen molar-refractivity contribution < 1.29 is 37.5 Å². The van der Waals surface area contributed by atoms with Crippen LogP contribution in [-0.2, 0) is 34.7 Å². The lowest BCUT2D eigenvalue weighted by Crippen LogP contribution is -2.30. The zero-order chi connectivity index (χ0) is 28.5. The van der Waals surface area contributed by atoms with E-state index in [-0.39, 0.29) is 17.5 Å². The summed E-state index contributed by atoms with van der Waals surface area (Å²) in [5, 5.41) is 6.02. The quantitative estimate of drug-likeness (QED) is 0.0987. The van der Waals surface area contributed by atoms with E-state index >= 15 is 0 Å². The molecule has 6 atom stereocenters. The lowest BCUT2D eigenvalue weighted by molar-refractivity contribution is -0.0988. The Morgan fingerprint density at radius 2 is 2.12 bits per heavy atom. The average molecular weight is 635 g/mol. The molecule has 1 fully saturated rings. The van der Waals surface area contributed by atoms with Crippen LogP contribution in [0.1, 0.15) is 32.4 Å². The first-order valence-corrected chi connectivity index (χ1v) is 17.1. The fraction of sp³-hybridized carbons (Fsp3) is 0.474. The smallest absolute Gasteiger partial charge is 0.380 e. The predicted octanol–water partition coefficient (Wildman–Crippen LogP) is 1.47. The van der Waals surface area contributed by atoms with Crippen molar-refractivity contribution in [1.82, 2.24) is 39.4 Å². The van der Waals surface area contributed by atoms with E-state index in [0.717, 1.165) is 0 Å². The highest BCUT2D eigenvalue weighted by Gasteiger charge is 2.42. The Labute approximate surface area is 235 Å². The van der Waals surface area contributed by atoms with E-state index in [1.54, 1.807) is 4.57 Å². The van der Waals surface area contributed by atoms with E-state index < -0.39 is 50.4 Å². The third-order valence-corrected chi connectivity index (χ3v) is 8.14. The topological polar surface area (TPSA) is 211 Å². The molecule has 4 aromatic heterocycles. The number of nitrogens with one attached hydrogen (secondary N) is 1. The van der Waals surface area contributed by atoms with Gasteiger partial charge in [-0.25, -0.2) is 29.6 Å². The second-order valence-corrected chi connectivity index (χ2v) is 14.1. The molecule has 0 amide bonds. The minimum Gasteiger partial charge on any atom is -0.380 e. The molecule has 0 saturated carbocycles. The van der Waals surface area contributed by atoms with Gasteiger partial charge in [0.1, 0.15) is 36.0 Å². The highest BCUT2D eigenvalue weighted by molar-refractivity contribution is 8.44. The minimum absolute atomic E-state index is 0.101. The summed E-state index contributed by atoms with van der Waals surface area (Å²) < 4.78 is 37.0. The van der Waals surface area contributed by atoms with Crippen molar-refractivity contribution in [2.24, 2.45) is 0 Å². The molecule has 4 aromatic rings. The molecule has 1 aliphatic heterocycles. The number of ether oxygens (including phenoxy) is 1. The van der Waals surface area contributed by atoms with Gasteiger partial charge < -0.3 is 23.9 Å². The van der Waals surface area contributed by atoms with Crippen molar-refractivity contribution in [1.29, 1.82) is 0 Å². The molecule has 0 aliphatic carbocycles. The van der Waals surface area contributed by atoms with Crippen molar-refractivity contribution in [3.05, 3.63) is 41.7 Å². The molecule has 0 radical (unpaired) electrons. The van der Waals surface area contributed by atoms with E-state index in [4.69, 9.17) is 35.0 Å². The highest BCUT2D eigenvalue weighted by atomic mass is 32.7. The van der Waals surface area contributed by atoms with Crippen LogP contribution < -0.4 is 10.4 Å². The van der Waals surface area contributed by atoms with Crippen LogP contribution in [0.25, 0.3) is 22.2 Å².